The van der Waals surface area contributed by atoms with Gasteiger partial charge in [0.1, 0.15) is 10.8 Å². The van der Waals surface area contributed by atoms with Gasteiger partial charge in [-0.2, -0.15) is 0 Å². The van der Waals surface area contributed by atoms with E-state index in [9.17, 15) is 4.79 Å². The Kier molecular flexibility index (Phi) is 7.25. The molecule has 1 aromatic heterocycles. The lowest BCUT2D eigenvalue weighted by Crippen LogP contribution is -2.42. The van der Waals surface area contributed by atoms with Crippen molar-refractivity contribution in [2.45, 2.75) is 33.2 Å². The number of amides is 1. The number of anilines is 1. The van der Waals surface area contributed by atoms with Crippen molar-refractivity contribution in [1.29, 1.82) is 0 Å². The van der Waals surface area contributed by atoms with E-state index in [2.05, 4.69) is 27.5 Å². The number of nitrogens with zero attached hydrogens (tertiary/aromatic N) is 3. The van der Waals surface area contributed by atoms with Gasteiger partial charge < -0.3 is 20.3 Å². The fourth-order valence-corrected chi connectivity index (χ4v) is 3.70. The third-order valence-corrected chi connectivity index (χ3v) is 5.45. The standard InChI is InChI=1S/C20H27N5O2S/c1-3-15-12-23-18(28-15)13-24-20(21-4-2)22-10-7-11-25-16-8-5-6-9-17(16)27-14-19(25)26/h5-6,8-9,12H,3-4,7,10-11,13-14H2,1-2H3,(H2,21,22,24). The van der Waals surface area contributed by atoms with Crippen LogP contribution in [0, 0.1) is 0 Å². The van der Waals surface area contributed by atoms with Gasteiger partial charge in [-0.05, 0) is 31.9 Å². The lowest BCUT2D eigenvalue weighted by molar-refractivity contribution is -0.121. The maximum atomic E-state index is 12.2. The predicted octanol–water partition coefficient (Wildman–Crippen LogP) is 2.58. The Bertz CT molecular complexity index is 820. The molecule has 3 rings (SSSR count). The first-order valence-corrected chi connectivity index (χ1v) is 10.5. The summed E-state index contributed by atoms with van der Waals surface area (Å²) in [5, 5.41) is 7.61. The van der Waals surface area contributed by atoms with Gasteiger partial charge in [0, 0.05) is 30.7 Å². The largest absolute Gasteiger partial charge is 0.482 e. The highest BCUT2D eigenvalue weighted by Crippen LogP contribution is 2.31. The van der Waals surface area contributed by atoms with Crippen molar-refractivity contribution in [1.82, 2.24) is 15.6 Å². The Morgan fingerprint density at radius 3 is 2.96 bits per heavy atom. The normalized spacial score (nSPS) is 13.9. The van der Waals surface area contributed by atoms with E-state index >= 15 is 0 Å². The number of para-hydroxylation sites is 2. The second-order valence-electron chi connectivity index (χ2n) is 6.35. The van der Waals surface area contributed by atoms with Crippen molar-refractivity contribution in [2.24, 2.45) is 4.99 Å². The number of hydrogen-bond acceptors (Lipinski definition) is 5. The van der Waals surface area contributed by atoms with Gasteiger partial charge >= 0.3 is 0 Å². The van der Waals surface area contributed by atoms with Gasteiger partial charge in [-0.3, -0.25) is 4.79 Å². The molecule has 1 aromatic carbocycles. The Morgan fingerprint density at radius 2 is 2.18 bits per heavy atom. The van der Waals surface area contributed by atoms with E-state index in [1.54, 1.807) is 16.2 Å². The molecule has 0 aliphatic carbocycles. The number of aromatic nitrogens is 1. The first-order chi connectivity index (χ1) is 13.7. The van der Waals surface area contributed by atoms with Crippen LogP contribution in [0.15, 0.2) is 35.5 Å². The summed E-state index contributed by atoms with van der Waals surface area (Å²) >= 11 is 1.70. The highest BCUT2D eigenvalue weighted by Gasteiger charge is 2.24. The van der Waals surface area contributed by atoms with E-state index in [4.69, 9.17) is 4.74 Å². The van der Waals surface area contributed by atoms with Crippen LogP contribution in [0.1, 0.15) is 30.2 Å². The molecule has 7 nitrogen and oxygen atoms in total. The number of guanidine groups is 1. The summed E-state index contributed by atoms with van der Waals surface area (Å²) in [5.74, 6) is 1.53. The summed E-state index contributed by atoms with van der Waals surface area (Å²) in [6.45, 7) is 6.98. The van der Waals surface area contributed by atoms with Crippen LogP contribution >= 0.6 is 11.3 Å². The van der Waals surface area contributed by atoms with E-state index in [1.165, 1.54) is 4.88 Å². The molecule has 1 aliphatic heterocycles. The molecule has 2 aromatic rings. The van der Waals surface area contributed by atoms with Crippen molar-refractivity contribution in [2.75, 3.05) is 31.1 Å². The molecule has 0 bridgehead atoms. The molecule has 0 radical (unpaired) electrons. The molecule has 0 atom stereocenters. The van der Waals surface area contributed by atoms with E-state index in [0.717, 1.165) is 48.3 Å². The maximum Gasteiger partial charge on any atom is 0.265 e. The Hall–Kier alpha value is -2.61. The molecule has 2 heterocycles. The molecule has 0 unspecified atom stereocenters. The van der Waals surface area contributed by atoms with Crippen LogP contribution in [-0.4, -0.2) is 43.1 Å². The number of carbonyl (C=O) groups excluding carboxylic acids is 1. The average Bonchev–Trinajstić information content (AvgIpc) is 3.18. The number of carbonyl (C=O) groups is 1. The van der Waals surface area contributed by atoms with Crippen molar-refractivity contribution in [3.8, 4) is 5.75 Å². The molecular weight excluding hydrogens is 374 g/mol. The fourth-order valence-electron chi connectivity index (χ4n) is 2.92. The zero-order valence-electron chi connectivity index (χ0n) is 16.4. The number of thiazole rings is 1. The zero-order valence-corrected chi connectivity index (χ0v) is 17.2. The van der Waals surface area contributed by atoms with Crippen molar-refractivity contribution < 1.29 is 9.53 Å². The minimum absolute atomic E-state index is 0.00484. The van der Waals surface area contributed by atoms with Crippen LogP contribution in [0.25, 0.3) is 0 Å². The molecule has 150 valence electrons. The summed E-state index contributed by atoms with van der Waals surface area (Å²) < 4.78 is 5.49. The number of aliphatic imine (C=N–C) groups is 1. The molecule has 28 heavy (non-hydrogen) atoms. The van der Waals surface area contributed by atoms with Crippen LogP contribution < -0.4 is 20.3 Å². The monoisotopic (exact) mass is 401 g/mol. The van der Waals surface area contributed by atoms with Gasteiger partial charge in [0.25, 0.3) is 5.91 Å². The van der Waals surface area contributed by atoms with Gasteiger partial charge in [0.15, 0.2) is 12.6 Å². The molecule has 0 fully saturated rings. The first kappa shape index (κ1) is 20.1. The lowest BCUT2D eigenvalue weighted by Gasteiger charge is -2.29. The Morgan fingerprint density at radius 1 is 1.32 bits per heavy atom. The van der Waals surface area contributed by atoms with Crippen molar-refractivity contribution in [3.05, 3.63) is 40.3 Å². The summed E-state index contributed by atoms with van der Waals surface area (Å²) in [6.07, 6.45) is 3.73. The minimum Gasteiger partial charge on any atom is -0.482 e. The Labute approximate surface area is 169 Å². The SMILES string of the molecule is CCNC(=NCc1ncc(CC)s1)NCCCN1C(=O)COc2ccccc21. The van der Waals surface area contributed by atoms with Gasteiger partial charge in [-0.1, -0.05) is 19.1 Å². The number of aryl methyl sites for hydroxylation is 1. The van der Waals surface area contributed by atoms with Gasteiger partial charge in [-0.25, -0.2) is 9.98 Å². The third-order valence-electron chi connectivity index (χ3n) is 4.33. The summed E-state index contributed by atoms with van der Waals surface area (Å²) in [5.41, 5.74) is 0.842. The number of nitrogens with one attached hydrogen (secondary N) is 2. The van der Waals surface area contributed by atoms with Gasteiger partial charge in [0.2, 0.25) is 0 Å². The van der Waals surface area contributed by atoms with E-state index in [0.29, 0.717) is 13.1 Å². The average molecular weight is 402 g/mol. The van der Waals surface area contributed by atoms with Crippen LogP contribution in [0.3, 0.4) is 0 Å². The van der Waals surface area contributed by atoms with Crippen molar-refractivity contribution >= 4 is 28.9 Å². The van der Waals surface area contributed by atoms with Gasteiger partial charge in [-0.15, -0.1) is 11.3 Å². The van der Waals surface area contributed by atoms with E-state index in [-0.39, 0.29) is 12.5 Å². The number of fused-ring (bicyclic) bond motifs is 1. The van der Waals surface area contributed by atoms with Crippen LogP contribution in [0.2, 0.25) is 0 Å². The quantitative estimate of drug-likeness (QED) is 0.404. The summed E-state index contributed by atoms with van der Waals surface area (Å²) in [7, 11) is 0. The molecule has 1 amide bonds. The van der Waals surface area contributed by atoms with E-state index in [1.807, 2.05) is 37.4 Å². The van der Waals surface area contributed by atoms with Crippen LogP contribution in [-0.2, 0) is 17.8 Å². The highest BCUT2D eigenvalue weighted by molar-refractivity contribution is 7.11. The maximum absolute atomic E-state index is 12.2. The van der Waals surface area contributed by atoms with Crippen LogP contribution in [0.5, 0.6) is 5.75 Å². The molecule has 0 spiro atoms. The molecule has 0 saturated heterocycles. The number of benzene rings is 1. The minimum atomic E-state index is -0.00484. The smallest absolute Gasteiger partial charge is 0.265 e. The number of rotatable bonds is 8. The first-order valence-electron chi connectivity index (χ1n) is 9.69. The molecule has 8 heteroatoms. The second-order valence-corrected chi connectivity index (χ2v) is 7.55. The second kappa shape index (κ2) is 10.1. The topological polar surface area (TPSA) is 78.9 Å². The molecule has 0 saturated carbocycles. The third kappa shape index (κ3) is 5.22. The zero-order chi connectivity index (χ0) is 19.8. The lowest BCUT2D eigenvalue weighted by atomic mass is 10.2. The fraction of sp³-hybridized carbons (Fsp3) is 0.450. The molecule has 2 N–H and O–H groups in total. The van der Waals surface area contributed by atoms with Crippen molar-refractivity contribution in [3.63, 3.8) is 0 Å². The summed E-state index contributed by atoms with van der Waals surface area (Å²) in [6, 6.07) is 7.65. The van der Waals surface area contributed by atoms with Crippen LogP contribution in [0.4, 0.5) is 5.69 Å². The number of ether oxygens (including phenoxy) is 1. The predicted molar refractivity (Wildman–Crippen MR) is 113 cm³/mol. The molecule has 1 aliphatic rings. The number of hydrogen-bond donors (Lipinski definition) is 2. The molecular formula is C20H27N5O2S. The Balaban J connectivity index is 1.50. The van der Waals surface area contributed by atoms with Gasteiger partial charge in [0.05, 0.1) is 12.2 Å². The highest BCUT2D eigenvalue weighted by atomic mass is 32.1. The summed E-state index contributed by atoms with van der Waals surface area (Å²) in [4.78, 5) is 24.3. The van der Waals surface area contributed by atoms with E-state index < -0.39 is 0 Å².